The molecule has 3 saturated carbocycles. The van der Waals surface area contributed by atoms with E-state index in [0.717, 1.165) is 5.56 Å². The van der Waals surface area contributed by atoms with Gasteiger partial charge in [-0.15, -0.1) is 0 Å². The highest BCUT2D eigenvalue weighted by Crippen LogP contribution is 2.97. The number of hydrogen-bond acceptors (Lipinski definition) is 2. The van der Waals surface area contributed by atoms with Crippen LogP contribution in [0.1, 0.15) is 30.4 Å². The van der Waals surface area contributed by atoms with Crippen molar-refractivity contribution in [2.75, 3.05) is 0 Å². The van der Waals surface area contributed by atoms with Gasteiger partial charge in [-0.3, -0.25) is 4.79 Å². The molecule has 0 saturated heterocycles. The van der Waals surface area contributed by atoms with Gasteiger partial charge in [-0.25, -0.2) is 5.43 Å². The van der Waals surface area contributed by atoms with Crippen molar-refractivity contribution < 1.29 is 4.79 Å². The smallest absolute Gasteiger partial charge is 0.247 e. The van der Waals surface area contributed by atoms with Crippen molar-refractivity contribution in [3.05, 3.63) is 71.8 Å². The molecule has 0 spiro atoms. The Kier molecular flexibility index (Phi) is 2.79. The van der Waals surface area contributed by atoms with E-state index in [1.165, 1.54) is 24.8 Å². The van der Waals surface area contributed by atoms with Crippen LogP contribution < -0.4 is 5.43 Å². The molecule has 3 aliphatic rings. The number of amides is 1. The van der Waals surface area contributed by atoms with Gasteiger partial charge < -0.3 is 0 Å². The number of fused-ring (bicyclic) bond motifs is 2. The zero-order valence-corrected chi connectivity index (χ0v) is 13.5. The summed E-state index contributed by atoms with van der Waals surface area (Å²) in [7, 11) is 0. The van der Waals surface area contributed by atoms with Crippen LogP contribution in [0.3, 0.4) is 0 Å². The quantitative estimate of drug-likeness (QED) is 0.681. The van der Waals surface area contributed by atoms with Gasteiger partial charge >= 0.3 is 0 Å². The van der Waals surface area contributed by atoms with Gasteiger partial charge in [0.05, 0.1) is 11.6 Å². The van der Waals surface area contributed by atoms with E-state index in [-0.39, 0.29) is 16.7 Å². The first-order valence-corrected chi connectivity index (χ1v) is 8.77. The number of carbonyl (C=O) groups excluding carboxylic acids is 1. The normalized spacial score (nSPS) is 35.3. The summed E-state index contributed by atoms with van der Waals surface area (Å²) in [5.41, 5.74) is 5.10. The lowest BCUT2D eigenvalue weighted by Gasteiger charge is -2.27. The molecule has 5 rings (SSSR count). The number of nitrogens with zero attached hydrogens (tertiary/aromatic N) is 1. The molecule has 3 aliphatic carbocycles. The van der Waals surface area contributed by atoms with E-state index in [9.17, 15) is 4.79 Å². The molecule has 1 amide bonds. The Labute approximate surface area is 141 Å². The van der Waals surface area contributed by atoms with Crippen molar-refractivity contribution in [1.82, 2.24) is 5.43 Å². The molecule has 0 radical (unpaired) electrons. The topological polar surface area (TPSA) is 41.5 Å². The molecule has 1 N–H and O–H groups in total. The highest BCUT2D eigenvalue weighted by molar-refractivity contribution is 5.97. The zero-order chi connectivity index (χ0) is 16.2. The van der Waals surface area contributed by atoms with E-state index in [1.807, 2.05) is 36.4 Å². The number of hydrogen-bond donors (Lipinski definition) is 1. The van der Waals surface area contributed by atoms with Gasteiger partial charge in [-0.2, -0.15) is 5.10 Å². The third-order valence-electron chi connectivity index (χ3n) is 6.51. The van der Waals surface area contributed by atoms with Crippen molar-refractivity contribution in [3.8, 4) is 0 Å². The Morgan fingerprint density at radius 3 is 2.29 bits per heavy atom. The largest absolute Gasteiger partial charge is 0.272 e. The molecule has 2 unspecified atom stereocenters. The van der Waals surface area contributed by atoms with Gasteiger partial charge in [-0.1, -0.05) is 67.1 Å². The first-order valence-electron chi connectivity index (χ1n) is 8.77. The van der Waals surface area contributed by atoms with E-state index >= 15 is 0 Å². The molecule has 0 aromatic heterocycles. The third kappa shape index (κ3) is 1.52. The van der Waals surface area contributed by atoms with Crippen LogP contribution in [0, 0.1) is 17.3 Å². The minimum absolute atomic E-state index is 0.110. The summed E-state index contributed by atoms with van der Waals surface area (Å²) in [5.74, 6) is 1.14. The molecule has 2 atom stereocenters. The van der Waals surface area contributed by atoms with Crippen LogP contribution in [-0.2, 0) is 10.2 Å². The molecular weight excluding hydrogens is 296 g/mol. The van der Waals surface area contributed by atoms with E-state index in [2.05, 4.69) is 34.8 Å². The van der Waals surface area contributed by atoms with E-state index in [4.69, 9.17) is 0 Å². The molecular formula is C21H20N2O. The second-order valence-electron chi connectivity index (χ2n) is 7.25. The van der Waals surface area contributed by atoms with Crippen LogP contribution in [0.4, 0.5) is 0 Å². The standard InChI is InChI=1S/C21H20N2O/c24-19(23-22-14-15-8-3-1-4-9-15)21-17-12-7-13-18(21)20(17,21)16-10-5-2-6-11-16/h1-6,8-11,14,17-18H,7,12-13H2,(H,23,24). The van der Waals surface area contributed by atoms with Crippen molar-refractivity contribution in [1.29, 1.82) is 0 Å². The van der Waals surface area contributed by atoms with Gasteiger partial charge in [0.1, 0.15) is 0 Å². The molecule has 0 bridgehead atoms. The molecule has 0 heterocycles. The second kappa shape index (κ2) is 4.79. The number of hydrazone groups is 1. The second-order valence-corrected chi connectivity index (χ2v) is 7.25. The van der Waals surface area contributed by atoms with E-state index < -0.39 is 0 Å². The van der Waals surface area contributed by atoms with Crippen LogP contribution in [0.2, 0.25) is 0 Å². The maximum absolute atomic E-state index is 12.9. The number of benzene rings is 2. The Morgan fingerprint density at radius 1 is 1.00 bits per heavy atom. The summed E-state index contributed by atoms with van der Waals surface area (Å²) in [6.07, 6.45) is 5.31. The maximum Gasteiger partial charge on any atom is 0.247 e. The Bertz CT molecular complexity index is 800. The minimum Gasteiger partial charge on any atom is -0.272 e. The van der Waals surface area contributed by atoms with Crippen LogP contribution in [0.25, 0.3) is 0 Å². The summed E-state index contributed by atoms with van der Waals surface area (Å²) < 4.78 is 0. The van der Waals surface area contributed by atoms with Crippen LogP contribution in [0.15, 0.2) is 65.8 Å². The van der Waals surface area contributed by atoms with Crippen molar-refractivity contribution in [2.24, 2.45) is 22.4 Å². The lowest BCUT2D eigenvalue weighted by Crippen LogP contribution is -2.31. The summed E-state index contributed by atoms with van der Waals surface area (Å²) in [6.45, 7) is 0. The molecule has 2 aromatic carbocycles. The van der Waals surface area contributed by atoms with E-state index in [0.29, 0.717) is 11.8 Å². The van der Waals surface area contributed by atoms with Crippen LogP contribution in [0.5, 0.6) is 0 Å². The van der Waals surface area contributed by atoms with Crippen molar-refractivity contribution in [3.63, 3.8) is 0 Å². The first-order chi connectivity index (χ1) is 11.8. The van der Waals surface area contributed by atoms with Crippen molar-refractivity contribution in [2.45, 2.75) is 24.7 Å². The predicted molar refractivity (Wildman–Crippen MR) is 93.6 cm³/mol. The average molecular weight is 316 g/mol. The van der Waals surface area contributed by atoms with Gasteiger partial charge in [0, 0.05) is 5.41 Å². The van der Waals surface area contributed by atoms with Gasteiger partial charge in [0.2, 0.25) is 5.91 Å². The SMILES string of the molecule is O=C(NN=Cc1ccccc1)C12C3CCCC1C32c1ccccc1. The molecule has 2 aromatic rings. The van der Waals surface area contributed by atoms with Crippen LogP contribution in [-0.4, -0.2) is 12.1 Å². The summed E-state index contributed by atoms with van der Waals surface area (Å²) >= 11 is 0. The molecule has 0 aliphatic heterocycles. The van der Waals surface area contributed by atoms with E-state index in [1.54, 1.807) is 6.21 Å². The Morgan fingerprint density at radius 2 is 1.62 bits per heavy atom. The summed E-state index contributed by atoms with van der Waals surface area (Å²) in [6, 6.07) is 20.5. The van der Waals surface area contributed by atoms with Gasteiger partial charge in [0.15, 0.2) is 0 Å². The monoisotopic (exact) mass is 316 g/mol. The summed E-state index contributed by atoms with van der Waals surface area (Å²) in [5, 5.41) is 4.20. The lowest BCUT2D eigenvalue weighted by atomic mass is 9.77. The number of nitrogens with one attached hydrogen (secondary N) is 1. The molecule has 120 valence electrons. The lowest BCUT2D eigenvalue weighted by molar-refractivity contribution is -0.126. The third-order valence-corrected chi connectivity index (χ3v) is 6.51. The van der Waals surface area contributed by atoms with Crippen LogP contribution >= 0.6 is 0 Å². The highest BCUT2D eigenvalue weighted by Gasteiger charge is 3.01. The highest BCUT2D eigenvalue weighted by atomic mass is 16.2. The fourth-order valence-corrected chi connectivity index (χ4v) is 5.69. The predicted octanol–water partition coefficient (Wildman–Crippen LogP) is 3.50. The van der Waals surface area contributed by atoms with Crippen molar-refractivity contribution >= 4 is 12.1 Å². The maximum atomic E-state index is 12.9. The number of carbonyl (C=O) groups is 1. The number of rotatable bonds is 4. The minimum atomic E-state index is -0.180. The molecule has 24 heavy (non-hydrogen) atoms. The first kappa shape index (κ1) is 14.0. The molecule has 3 nitrogen and oxygen atoms in total. The molecule has 3 heteroatoms. The van der Waals surface area contributed by atoms with Gasteiger partial charge in [-0.05, 0) is 35.8 Å². The fraction of sp³-hybridized carbons (Fsp3) is 0.333. The zero-order valence-electron chi connectivity index (χ0n) is 13.5. The fourth-order valence-electron chi connectivity index (χ4n) is 5.69. The molecule has 3 fully saturated rings. The Hall–Kier alpha value is -2.42. The average Bonchev–Trinajstić information content (AvgIpc) is 3.50. The Balaban J connectivity index is 1.38. The van der Waals surface area contributed by atoms with Gasteiger partial charge in [0.25, 0.3) is 0 Å². The summed E-state index contributed by atoms with van der Waals surface area (Å²) in [4.78, 5) is 12.9.